The van der Waals surface area contributed by atoms with E-state index in [-0.39, 0.29) is 17.6 Å². The Morgan fingerprint density at radius 2 is 1.44 bits per heavy atom. The second-order valence-electron chi connectivity index (χ2n) is 5.99. The number of carbonyl (C=O) groups excluding carboxylic acids is 2. The third kappa shape index (κ3) is 5.18. The number of benzene rings is 2. The highest BCUT2D eigenvalue weighted by Crippen LogP contribution is 2.09. The minimum Gasteiger partial charge on any atom is -0.508 e. The molecule has 0 aliphatic carbocycles. The standard InChI is InChI=1S/C20H20N4O3/c25-18-7-5-17(6-8-18)20(27)23-10-9-22-19(26)16-3-1-15(2-4-16)13-24-12-11-21-14-24/h1-8,11-12,14,25H,9-10,13H2,(H,22,26)(H,23,27). The first-order chi connectivity index (χ1) is 13.1. The highest BCUT2D eigenvalue weighted by atomic mass is 16.3. The first-order valence-corrected chi connectivity index (χ1v) is 8.52. The lowest BCUT2D eigenvalue weighted by atomic mass is 10.1. The normalized spacial score (nSPS) is 10.4. The van der Waals surface area contributed by atoms with Crippen molar-refractivity contribution in [1.82, 2.24) is 20.2 Å². The maximum atomic E-state index is 12.2. The van der Waals surface area contributed by atoms with Gasteiger partial charge in [0, 0.05) is 43.2 Å². The average molecular weight is 364 g/mol. The summed E-state index contributed by atoms with van der Waals surface area (Å²) >= 11 is 0. The number of nitrogens with one attached hydrogen (secondary N) is 2. The zero-order valence-electron chi connectivity index (χ0n) is 14.6. The number of hydrogen-bond acceptors (Lipinski definition) is 4. The van der Waals surface area contributed by atoms with Gasteiger partial charge in [-0.3, -0.25) is 9.59 Å². The molecule has 0 saturated heterocycles. The number of hydrogen-bond donors (Lipinski definition) is 3. The molecule has 3 aromatic rings. The van der Waals surface area contributed by atoms with Gasteiger partial charge in [0.05, 0.1) is 6.33 Å². The molecule has 0 bridgehead atoms. The number of amides is 2. The van der Waals surface area contributed by atoms with Crippen molar-refractivity contribution in [3.8, 4) is 5.75 Å². The van der Waals surface area contributed by atoms with Crippen LogP contribution in [0, 0.1) is 0 Å². The van der Waals surface area contributed by atoms with Crippen LogP contribution in [0.2, 0.25) is 0 Å². The van der Waals surface area contributed by atoms with E-state index in [1.807, 2.05) is 22.9 Å². The lowest BCUT2D eigenvalue weighted by molar-refractivity contribution is 0.0927. The van der Waals surface area contributed by atoms with Gasteiger partial charge in [-0.1, -0.05) is 12.1 Å². The second kappa shape index (κ2) is 8.66. The van der Waals surface area contributed by atoms with E-state index in [2.05, 4.69) is 15.6 Å². The summed E-state index contributed by atoms with van der Waals surface area (Å²) in [6.07, 6.45) is 5.35. The molecule has 0 unspecified atom stereocenters. The molecule has 7 heteroatoms. The van der Waals surface area contributed by atoms with E-state index in [1.165, 1.54) is 24.3 Å². The van der Waals surface area contributed by atoms with E-state index < -0.39 is 0 Å². The Labute approximate surface area is 156 Å². The quantitative estimate of drug-likeness (QED) is 0.557. The molecule has 0 atom stereocenters. The maximum Gasteiger partial charge on any atom is 0.251 e. The highest BCUT2D eigenvalue weighted by Gasteiger charge is 2.07. The molecule has 7 nitrogen and oxygen atoms in total. The molecule has 2 aromatic carbocycles. The number of imidazole rings is 1. The van der Waals surface area contributed by atoms with Gasteiger partial charge < -0.3 is 20.3 Å². The first-order valence-electron chi connectivity index (χ1n) is 8.52. The van der Waals surface area contributed by atoms with E-state index in [1.54, 1.807) is 24.7 Å². The van der Waals surface area contributed by atoms with Gasteiger partial charge in [0.15, 0.2) is 0 Å². The second-order valence-corrected chi connectivity index (χ2v) is 5.99. The summed E-state index contributed by atoms with van der Waals surface area (Å²) in [5.41, 5.74) is 2.09. The first kappa shape index (κ1) is 18.2. The smallest absolute Gasteiger partial charge is 0.251 e. The van der Waals surface area contributed by atoms with E-state index in [0.717, 1.165) is 5.56 Å². The predicted molar refractivity (Wildman–Crippen MR) is 101 cm³/mol. The molecular weight excluding hydrogens is 344 g/mol. The van der Waals surface area contributed by atoms with Crippen LogP contribution in [0.15, 0.2) is 67.3 Å². The summed E-state index contributed by atoms with van der Waals surface area (Å²) in [6, 6.07) is 13.3. The topological polar surface area (TPSA) is 96.3 Å². The van der Waals surface area contributed by atoms with Crippen LogP contribution in [-0.2, 0) is 6.54 Å². The lowest BCUT2D eigenvalue weighted by Gasteiger charge is -2.08. The van der Waals surface area contributed by atoms with E-state index in [4.69, 9.17) is 0 Å². The van der Waals surface area contributed by atoms with Gasteiger partial charge in [-0.2, -0.15) is 0 Å². The Hall–Kier alpha value is -3.61. The molecule has 0 fully saturated rings. The molecule has 2 amide bonds. The molecule has 3 rings (SSSR count). The van der Waals surface area contributed by atoms with Gasteiger partial charge in [-0.25, -0.2) is 4.98 Å². The van der Waals surface area contributed by atoms with E-state index in [0.29, 0.717) is 30.8 Å². The molecule has 0 radical (unpaired) electrons. The van der Waals surface area contributed by atoms with Crippen molar-refractivity contribution in [2.45, 2.75) is 6.54 Å². The molecule has 3 N–H and O–H groups in total. The molecule has 1 heterocycles. The summed E-state index contributed by atoms with van der Waals surface area (Å²) in [5, 5.41) is 14.7. The largest absolute Gasteiger partial charge is 0.508 e. The van der Waals surface area contributed by atoms with Crippen LogP contribution < -0.4 is 10.6 Å². The molecule has 0 aliphatic heterocycles. The average Bonchev–Trinajstić information content (AvgIpc) is 3.19. The van der Waals surface area contributed by atoms with Gasteiger partial charge in [-0.05, 0) is 42.0 Å². The Balaban J connectivity index is 1.42. The zero-order valence-corrected chi connectivity index (χ0v) is 14.6. The molecule has 138 valence electrons. The fourth-order valence-electron chi connectivity index (χ4n) is 2.52. The number of aromatic hydroxyl groups is 1. The Bertz CT molecular complexity index is 888. The van der Waals surface area contributed by atoms with Crippen molar-refractivity contribution < 1.29 is 14.7 Å². The molecule has 0 aliphatic rings. The Kier molecular flexibility index (Phi) is 5.84. The van der Waals surface area contributed by atoms with Gasteiger partial charge in [0.25, 0.3) is 11.8 Å². The number of phenols is 1. The Morgan fingerprint density at radius 3 is 1.96 bits per heavy atom. The summed E-state index contributed by atoms with van der Waals surface area (Å²) in [5.74, 6) is -0.342. The van der Waals surface area contributed by atoms with Crippen molar-refractivity contribution in [2.75, 3.05) is 13.1 Å². The minimum absolute atomic E-state index is 0.106. The number of aromatic nitrogens is 2. The summed E-state index contributed by atoms with van der Waals surface area (Å²) in [7, 11) is 0. The SMILES string of the molecule is O=C(NCCNC(=O)c1ccc(Cn2ccnc2)cc1)c1ccc(O)cc1. The number of carbonyl (C=O) groups is 2. The molecular formula is C20H20N4O3. The van der Waals surface area contributed by atoms with Gasteiger partial charge in [0.1, 0.15) is 5.75 Å². The molecule has 1 aromatic heterocycles. The van der Waals surface area contributed by atoms with Crippen molar-refractivity contribution in [3.63, 3.8) is 0 Å². The number of phenolic OH excluding ortho intramolecular Hbond substituents is 1. The maximum absolute atomic E-state index is 12.2. The molecule has 27 heavy (non-hydrogen) atoms. The fraction of sp³-hybridized carbons (Fsp3) is 0.150. The highest BCUT2D eigenvalue weighted by molar-refractivity contribution is 5.95. The summed E-state index contributed by atoms with van der Waals surface area (Å²) in [6.45, 7) is 1.33. The third-order valence-electron chi connectivity index (χ3n) is 3.97. The van der Waals surface area contributed by atoms with Gasteiger partial charge >= 0.3 is 0 Å². The molecule has 0 spiro atoms. The lowest BCUT2D eigenvalue weighted by Crippen LogP contribution is -2.34. The van der Waals surface area contributed by atoms with Crippen molar-refractivity contribution in [1.29, 1.82) is 0 Å². The van der Waals surface area contributed by atoms with Crippen molar-refractivity contribution in [2.24, 2.45) is 0 Å². The van der Waals surface area contributed by atoms with Crippen LogP contribution in [0.5, 0.6) is 5.75 Å². The summed E-state index contributed by atoms with van der Waals surface area (Å²) < 4.78 is 1.95. The fourth-order valence-corrected chi connectivity index (χ4v) is 2.52. The van der Waals surface area contributed by atoms with E-state index in [9.17, 15) is 14.7 Å². The van der Waals surface area contributed by atoms with E-state index >= 15 is 0 Å². The number of rotatable bonds is 7. The Morgan fingerprint density at radius 1 is 0.889 bits per heavy atom. The van der Waals surface area contributed by atoms with Crippen LogP contribution >= 0.6 is 0 Å². The van der Waals surface area contributed by atoms with Crippen molar-refractivity contribution >= 4 is 11.8 Å². The van der Waals surface area contributed by atoms with Crippen LogP contribution in [0.4, 0.5) is 0 Å². The number of nitrogens with zero attached hydrogens (tertiary/aromatic N) is 2. The predicted octanol–water partition coefficient (Wildman–Crippen LogP) is 1.80. The van der Waals surface area contributed by atoms with Crippen LogP contribution in [0.25, 0.3) is 0 Å². The van der Waals surface area contributed by atoms with Crippen LogP contribution in [-0.4, -0.2) is 39.6 Å². The van der Waals surface area contributed by atoms with Crippen LogP contribution in [0.1, 0.15) is 26.3 Å². The molecule has 0 saturated carbocycles. The van der Waals surface area contributed by atoms with Crippen molar-refractivity contribution in [3.05, 3.63) is 83.9 Å². The van der Waals surface area contributed by atoms with Crippen LogP contribution in [0.3, 0.4) is 0 Å². The van der Waals surface area contributed by atoms with Gasteiger partial charge in [0.2, 0.25) is 0 Å². The minimum atomic E-state index is -0.256. The third-order valence-corrected chi connectivity index (χ3v) is 3.97. The van der Waals surface area contributed by atoms with Gasteiger partial charge in [-0.15, -0.1) is 0 Å². The monoisotopic (exact) mass is 364 g/mol. The zero-order chi connectivity index (χ0) is 19.1. The summed E-state index contributed by atoms with van der Waals surface area (Å²) in [4.78, 5) is 28.1.